The highest BCUT2D eigenvalue weighted by atomic mass is 32.2. The number of nitrogens with zero attached hydrogens (tertiary/aromatic N) is 2. The lowest BCUT2D eigenvalue weighted by Gasteiger charge is -2.33. The van der Waals surface area contributed by atoms with Crippen molar-refractivity contribution in [3.8, 4) is 0 Å². The number of hydrogen-bond acceptors (Lipinski definition) is 5. The van der Waals surface area contributed by atoms with Crippen molar-refractivity contribution in [3.63, 3.8) is 0 Å². The zero-order valence-electron chi connectivity index (χ0n) is 10.7. The normalized spacial score (nSPS) is 20.0. The van der Waals surface area contributed by atoms with Crippen LogP contribution < -0.4 is 5.32 Å². The number of amides is 1. The van der Waals surface area contributed by atoms with Crippen LogP contribution in [-0.2, 0) is 19.6 Å². The first-order chi connectivity index (χ1) is 9.82. The summed E-state index contributed by atoms with van der Waals surface area (Å²) in [5.41, 5.74) is 0. The molecule has 21 heavy (non-hydrogen) atoms. The van der Waals surface area contributed by atoms with Crippen molar-refractivity contribution < 1.29 is 27.5 Å². The van der Waals surface area contributed by atoms with Gasteiger partial charge in [-0.1, -0.05) is 0 Å². The number of aliphatic carboxylic acids is 1. The van der Waals surface area contributed by atoms with Crippen molar-refractivity contribution in [1.82, 2.24) is 14.6 Å². The molecule has 10 heteroatoms. The Hall–Kier alpha value is -2.07. The van der Waals surface area contributed by atoms with Gasteiger partial charge in [0.2, 0.25) is 15.9 Å². The fourth-order valence-corrected chi connectivity index (χ4v) is 3.57. The van der Waals surface area contributed by atoms with Gasteiger partial charge in [-0.3, -0.25) is 14.6 Å². The molecular weight excluding hydrogens is 305 g/mol. The Kier molecular flexibility index (Phi) is 4.19. The summed E-state index contributed by atoms with van der Waals surface area (Å²) in [5, 5.41) is 11.2. The maximum Gasteiger partial charge on any atom is 0.305 e. The van der Waals surface area contributed by atoms with Gasteiger partial charge in [0, 0.05) is 19.3 Å². The number of pyridine rings is 1. The minimum absolute atomic E-state index is 0.0525. The van der Waals surface area contributed by atoms with Crippen molar-refractivity contribution >= 4 is 21.9 Å². The monoisotopic (exact) mass is 317 g/mol. The Morgan fingerprint density at radius 2 is 2.24 bits per heavy atom. The maximum atomic E-state index is 13.1. The van der Waals surface area contributed by atoms with E-state index in [0.717, 1.165) is 22.8 Å². The van der Waals surface area contributed by atoms with Crippen LogP contribution in [-0.4, -0.2) is 53.8 Å². The van der Waals surface area contributed by atoms with E-state index in [4.69, 9.17) is 5.11 Å². The standard InChI is InChI=1S/C11H12FN3O5S/c12-7-3-8(6-13-5-7)21(19,20)15-2-1-14-11(18)9(15)4-10(16)17/h3,5-6,9H,1-2,4H2,(H,14,18)(H,16,17). The molecule has 1 fully saturated rings. The second-order valence-corrected chi connectivity index (χ2v) is 6.25. The van der Waals surface area contributed by atoms with E-state index in [2.05, 4.69) is 10.3 Å². The van der Waals surface area contributed by atoms with Crippen LogP contribution in [0.1, 0.15) is 6.42 Å². The molecule has 0 aromatic carbocycles. The van der Waals surface area contributed by atoms with Gasteiger partial charge in [-0.05, 0) is 6.07 Å². The average Bonchev–Trinajstić information content (AvgIpc) is 2.40. The van der Waals surface area contributed by atoms with Gasteiger partial charge in [0.15, 0.2) is 0 Å². The molecule has 1 unspecified atom stereocenters. The van der Waals surface area contributed by atoms with Gasteiger partial charge in [-0.25, -0.2) is 12.8 Å². The second kappa shape index (κ2) is 5.74. The van der Waals surface area contributed by atoms with Crippen LogP contribution in [0.3, 0.4) is 0 Å². The van der Waals surface area contributed by atoms with E-state index >= 15 is 0 Å². The molecule has 8 nitrogen and oxygen atoms in total. The van der Waals surface area contributed by atoms with E-state index in [-0.39, 0.29) is 13.1 Å². The number of halogens is 1. The number of carboxylic acid groups (broad SMARTS) is 1. The summed E-state index contributed by atoms with van der Waals surface area (Å²) < 4.78 is 38.7. The smallest absolute Gasteiger partial charge is 0.305 e. The molecule has 2 N–H and O–H groups in total. The number of hydrogen-bond donors (Lipinski definition) is 2. The Bertz CT molecular complexity index is 678. The zero-order valence-corrected chi connectivity index (χ0v) is 11.5. The fraction of sp³-hybridized carbons (Fsp3) is 0.364. The zero-order chi connectivity index (χ0) is 15.6. The SMILES string of the molecule is O=C(O)CC1C(=O)NCCN1S(=O)(=O)c1cncc(F)c1. The highest BCUT2D eigenvalue weighted by molar-refractivity contribution is 7.89. The van der Waals surface area contributed by atoms with Crippen LogP contribution >= 0.6 is 0 Å². The van der Waals surface area contributed by atoms with Crippen LogP contribution in [0, 0.1) is 5.82 Å². The van der Waals surface area contributed by atoms with Gasteiger partial charge in [-0.2, -0.15) is 4.31 Å². The number of carbonyl (C=O) groups is 2. The summed E-state index contributed by atoms with van der Waals surface area (Å²) in [5.74, 6) is -2.85. The first-order valence-corrected chi connectivity index (χ1v) is 7.38. The average molecular weight is 317 g/mol. The van der Waals surface area contributed by atoms with E-state index in [0.29, 0.717) is 0 Å². The summed E-state index contributed by atoms with van der Waals surface area (Å²) in [7, 11) is -4.21. The van der Waals surface area contributed by atoms with E-state index in [1.54, 1.807) is 0 Å². The Morgan fingerprint density at radius 3 is 2.86 bits per heavy atom. The number of sulfonamides is 1. The van der Waals surface area contributed by atoms with Crippen LogP contribution in [0.4, 0.5) is 4.39 Å². The number of aromatic nitrogens is 1. The first-order valence-electron chi connectivity index (χ1n) is 5.94. The molecule has 0 spiro atoms. The largest absolute Gasteiger partial charge is 0.481 e. The molecule has 1 aliphatic heterocycles. The van der Waals surface area contributed by atoms with E-state index in [9.17, 15) is 22.4 Å². The molecule has 1 aliphatic rings. The molecule has 0 aliphatic carbocycles. The second-order valence-electron chi connectivity index (χ2n) is 4.36. The van der Waals surface area contributed by atoms with Gasteiger partial charge in [0.1, 0.15) is 16.8 Å². The van der Waals surface area contributed by atoms with Gasteiger partial charge in [0.05, 0.1) is 12.6 Å². The van der Waals surface area contributed by atoms with Crippen molar-refractivity contribution in [3.05, 3.63) is 24.3 Å². The van der Waals surface area contributed by atoms with Gasteiger partial charge < -0.3 is 10.4 Å². The minimum Gasteiger partial charge on any atom is -0.481 e. The third-order valence-electron chi connectivity index (χ3n) is 2.94. The van der Waals surface area contributed by atoms with E-state index < -0.39 is 45.1 Å². The number of piperazine rings is 1. The van der Waals surface area contributed by atoms with Crippen LogP contribution in [0.2, 0.25) is 0 Å². The molecular formula is C11H12FN3O5S. The predicted molar refractivity (Wildman–Crippen MR) is 67.1 cm³/mol. The van der Waals surface area contributed by atoms with Crippen LogP contribution in [0.15, 0.2) is 23.4 Å². The molecule has 114 valence electrons. The van der Waals surface area contributed by atoms with Crippen LogP contribution in [0.25, 0.3) is 0 Å². The lowest BCUT2D eigenvalue weighted by Crippen LogP contribution is -2.57. The third-order valence-corrected chi connectivity index (χ3v) is 4.81. The molecule has 1 amide bonds. The van der Waals surface area contributed by atoms with Crippen molar-refractivity contribution in [2.45, 2.75) is 17.4 Å². The lowest BCUT2D eigenvalue weighted by molar-refractivity contribution is -0.141. The van der Waals surface area contributed by atoms with Crippen molar-refractivity contribution in [1.29, 1.82) is 0 Å². The third kappa shape index (κ3) is 3.16. The van der Waals surface area contributed by atoms with Gasteiger partial charge >= 0.3 is 5.97 Å². The molecule has 1 aromatic heterocycles. The summed E-state index contributed by atoms with van der Waals surface area (Å²) in [6, 6.07) is -0.600. The Balaban J connectivity index is 2.40. The number of nitrogens with one attached hydrogen (secondary N) is 1. The first kappa shape index (κ1) is 15.3. The van der Waals surface area contributed by atoms with E-state index in [1.807, 2.05) is 0 Å². The topological polar surface area (TPSA) is 117 Å². The number of rotatable bonds is 4. The summed E-state index contributed by atoms with van der Waals surface area (Å²) in [4.78, 5) is 25.5. The van der Waals surface area contributed by atoms with Gasteiger partial charge in [-0.15, -0.1) is 0 Å². The van der Waals surface area contributed by atoms with Crippen LogP contribution in [0.5, 0.6) is 0 Å². The molecule has 1 atom stereocenters. The molecule has 2 rings (SSSR count). The highest BCUT2D eigenvalue weighted by Crippen LogP contribution is 2.21. The molecule has 1 saturated heterocycles. The number of carboxylic acids is 1. The molecule has 2 heterocycles. The predicted octanol–water partition coefficient (Wildman–Crippen LogP) is -0.816. The quantitative estimate of drug-likeness (QED) is 0.750. The maximum absolute atomic E-state index is 13.1. The molecule has 0 bridgehead atoms. The lowest BCUT2D eigenvalue weighted by atomic mass is 10.1. The summed E-state index contributed by atoms with van der Waals surface area (Å²) >= 11 is 0. The van der Waals surface area contributed by atoms with E-state index in [1.165, 1.54) is 0 Å². The Morgan fingerprint density at radius 1 is 1.52 bits per heavy atom. The summed E-state index contributed by atoms with van der Waals surface area (Å²) in [6.07, 6.45) is 1.12. The minimum atomic E-state index is -4.21. The summed E-state index contributed by atoms with van der Waals surface area (Å²) in [6.45, 7) is -0.0422. The highest BCUT2D eigenvalue weighted by Gasteiger charge is 2.39. The van der Waals surface area contributed by atoms with Crippen molar-refractivity contribution in [2.24, 2.45) is 0 Å². The Labute approximate surface area is 119 Å². The van der Waals surface area contributed by atoms with Gasteiger partial charge in [0.25, 0.3) is 0 Å². The molecule has 0 radical (unpaired) electrons. The number of carbonyl (C=O) groups excluding carboxylic acids is 1. The molecule has 1 aromatic rings. The molecule has 0 saturated carbocycles. The van der Waals surface area contributed by atoms with Crippen molar-refractivity contribution in [2.75, 3.05) is 13.1 Å². The fourth-order valence-electron chi connectivity index (χ4n) is 2.01.